The van der Waals surface area contributed by atoms with Gasteiger partial charge in [0.2, 0.25) is 0 Å². The second kappa shape index (κ2) is 16.7. The lowest BCUT2D eigenvalue weighted by molar-refractivity contribution is -0.144. The third-order valence-corrected chi connectivity index (χ3v) is 5.07. The van der Waals surface area contributed by atoms with Crippen molar-refractivity contribution in [2.75, 3.05) is 13.2 Å². The van der Waals surface area contributed by atoms with Gasteiger partial charge in [-0.05, 0) is 55.2 Å². The van der Waals surface area contributed by atoms with E-state index in [0.717, 1.165) is 62.3 Å². The Labute approximate surface area is 195 Å². The number of ether oxygens (including phenoxy) is 3. The van der Waals surface area contributed by atoms with Crippen molar-refractivity contribution < 1.29 is 27.8 Å². The van der Waals surface area contributed by atoms with Crippen LogP contribution < -0.4 is 9.47 Å². The Morgan fingerprint density at radius 2 is 1.33 bits per heavy atom. The largest absolute Gasteiger partial charge is 0.490 e. The summed E-state index contributed by atoms with van der Waals surface area (Å²) in [5.41, 5.74) is 1.11. The van der Waals surface area contributed by atoms with E-state index in [1.807, 2.05) is 54.6 Å². The number of unbranched alkanes of at least 4 members (excludes halogenated alkanes) is 7. The zero-order chi connectivity index (χ0) is 23.6. The molecular formula is C27H34F2O4. The van der Waals surface area contributed by atoms with Crippen molar-refractivity contribution in [1.29, 1.82) is 0 Å². The normalized spacial score (nSPS) is 10.5. The predicted molar refractivity (Wildman–Crippen MR) is 126 cm³/mol. The van der Waals surface area contributed by atoms with Crippen molar-refractivity contribution in [2.45, 2.75) is 64.4 Å². The van der Waals surface area contributed by atoms with Gasteiger partial charge in [-0.15, -0.1) is 0 Å². The van der Waals surface area contributed by atoms with E-state index in [4.69, 9.17) is 14.2 Å². The molecule has 180 valence electrons. The van der Waals surface area contributed by atoms with Crippen molar-refractivity contribution in [3.05, 3.63) is 72.3 Å². The quantitative estimate of drug-likeness (QED) is 0.181. The van der Waals surface area contributed by atoms with Crippen LogP contribution in [-0.2, 0) is 16.1 Å². The number of benzene rings is 2. The molecule has 0 atom stereocenters. The first-order valence-corrected chi connectivity index (χ1v) is 11.7. The van der Waals surface area contributed by atoms with Gasteiger partial charge < -0.3 is 14.2 Å². The molecule has 0 unspecified atom stereocenters. The molecule has 0 aliphatic rings. The molecule has 33 heavy (non-hydrogen) atoms. The fourth-order valence-electron chi connectivity index (χ4n) is 3.27. The van der Waals surface area contributed by atoms with Crippen molar-refractivity contribution in [3.63, 3.8) is 0 Å². The molecule has 2 rings (SSSR count). The summed E-state index contributed by atoms with van der Waals surface area (Å²) in [5.74, 6) is 1.26. The SMILES string of the molecule is O=C(CCCCCCCCCC=C(F)F)OCCOc1ccc(OCc2ccccc2)cc1. The maximum absolute atomic E-state index is 11.9. The average Bonchev–Trinajstić information content (AvgIpc) is 2.83. The molecule has 0 bridgehead atoms. The molecule has 0 aliphatic carbocycles. The number of hydrogen-bond donors (Lipinski definition) is 0. The van der Waals surface area contributed by atoms with Crippen molar-refractivity contribution >= 4 is 5.97 Å². The van der Waals surface area contributed by atoms with Crippen LogP contribution in [0.15, 0.2) is 66.8 Å². The summed E-state index contributed by atoms with van der Waals surface area (Å²) >= 11 is 0. The molecule has 0 spiro atoms. The molecule has 0 N–H and O–H groups in total. The van der Waals surface area contributed by atoms with Crippen LogP contribution >= 0.6 is 0 Å². The third kappa shape index (κ3) is 13.3. The molecule has 0 radical (unpaired) electrons. The highest BCUT2D eigenvalue weighted by atomic mass is 19.3. The molecule has 0 aliphatic heterocycles. The van der Waals surface area contributed by atoms with Crippen LogP contribution in [0.4, 0.5) is 8.78 Å². The molecule has 0 saturated carbocycles. The number of carbonyl (C=O) groups is 1. The summed E-state index contributed by atoms with van der Waals surface area (Å²) in [4.78, 5) is 11.8. The molecule has 0 heterocycles. The fourth-order valence-corrected chi connectivity index (χ4v) is 3.27. The number of carbonyl (C=O) groups excluding carboxylic acids is 1. The molecule has 0 aromatic heterocycles. The van der Waals surface area contributed by atoms with E-state index in [9.17, 15) is 13.6 Å². The molecule has 2 aromatic rings. The van der Waals surface area contributed by atoms with Gasteiger partial charge in [-0.1, -0.05) is 62.4 Å². The Hall–Kier alpha value is -2.89. The number of hydrogen-bond acceptors (Lipinski definition) is 4. The highest BCUT2D eigenvalue weighted by molar-refractivity contribution is 5.69. The topological polar surface area (TPSA) is 44.8 Å². The van der Waals surface area contributed by atoms with Crippen LogP contribution in [0.1, 0.15) is 63.4 Å². The summed E-state index contributed by atoms with van der Waals surface area (Å²) in [6, 6.07) is 17.3. The van der Waals surface area contributed by atoms with Gasteiger partial charge in [-0.25, -0.2) is 0 Å². The first kappa shape index (κ1) is 26.4. The van der Waals surface area contributed by atoms with Gasteiger partial charge in [0, 0.05) is 6.42 Å². The van der Waals surface area contributed by atoms with Crippen LogP contribution in [0.3, 0.4) is 0 Å². The number of esters is 1. The number of halogens is 2. The van der Waals surface area contributed by atoms with E-state index >= 15 is 0 Å². The summed E-state index contributed by atoms with van der Waals surface area (Å²) in [6.07, 6.45) is 6.97. The Bertz CT molecular complexity index is 803. The van der Waals surface area contributed by atoms with E-state index in [1.54, 1.807) is 0 Å². The zero-order valence-electron chi connectivity index (χ0n) is 19.1. The first-order valence-electron chi connectivity index (χ1n) is 11.7. The first-order chi connectivity index (χ1) is 16.1. The molecular weight excluding hydrogens is 426 g/mol. The smallest absolute Gasteiger partial charge is 0.305 e. The van der Waals surface area contributed by atoms with Gasteiger partial charge in [-0.2, -0.15) is 8.78 Å². The lowest BCUT2D eigenvalue weighted by atomic mass is 10.1. The van der Waals surface area contributed by atoms with E-state index < -0.39 is 6.08 Å². The summed E-state index contributed by atoms with van der Waals surface area (Å²) in [7, 11) is 0. The van der Waals surface area contributed by atoms with Crippen molar-refractivity contribution in [3.8, 4) is 11.5 Å². The van der Waals surface area contributed by atoms with E-state index in [-0.39, 0.29) is 12.6 Å². The summed E-state index contributed by atoms with van der Waals surface area (Å²) in [6.45, 7) is 1.04. The van der Waals surface area contributed by atoms with Crippen LogP contribution in [0, 0.1) is 0 Å². The standard InChI is InChI=1S/C27H34F2O4/c28-26(29)14-10-5-3-1-2-4-6-11-15-27(30)32-21-20-31-24-16-18-25(19-17-24)33-22-23-12-8-7-9-13-23/h7-9,12-14,16-19H,1-6,10-11,15,20-22H2. The van der Waals surface area contributed by atoms with Gasteiger partial charge in [0.05, 0.1) is 0 Å². The highest BCUT2D eigenvalue weighted by Crippen LogP contribution is 2.19. The second-order valence-corrected chi connectivity index (χ2v) is 7.82. The summed E-state index contributed by atoms with van der Waals surface area (Å²) < 4.78 is 40.3. The Balaban J connectivity index is 1.43. The Morgan fingerprint density at radius 3 is 2.00 bits per heavy atom. The maximum atomic E-state index is 11.9. The van der Waals surface area contributed by atoms with E-state index in [2.05, 4.69) is 0 Å². The van der Waals surface area contributed by atoms with Crippen molar-refractivity contribution in [1.82, 2.24) is 0 Å². The predicted octanol–water partition coefficient (Wildman–Crippen LogP) is 7.48. The fraction of sp³-hybridized carbons (Fsp3) is 0.444. The van der Waals surface area contributed by atoms with Gasteiger partial charge in [0.25, 0.3) is 6.08 Å². The van der Waals surface area contributed by atoms with E-state index in [1.165, 1.54) is 0 Å². The van der Waals surface area contributed by atoms with Crippen LogP contribution in [-0.4, -0.2) is 19.2 Å². The highest BCUT2D eigenvalue weighted by Gasteiger charge is 2.03. The van der Waals surface area contributed by atoms with Gasteiger partial charge in [-0.3, -0.25) is 4.79 Å². The molecule has 4 nitrogen and oxygen atoms in total. The molecule has 0 amide bonds. The van der Waals surface area contributed by atoms with Crippen LogP contribution in [0.5, 0.6) is 11.5 Å². The van der Waals surface area contributed by atoms with Gasteiger partial charge in [0.1, 0.15) is 31.3 Å². The van der Waals surface area contributed by atoms with Gasteiger partial charge >= 0.3 is 5.97 Å². The van der Waals surface area contributed by atoms with Crippen LogP contribution in [0.2, 0.25) is 0 Å². The van der Waals surface area contributed by atoms with Crippen molar-refractivity contribution in [2.24, 2.45) is 0 Å². The lowest BCUT2D eigenvalue weighted by Crippen LogP contribution is -2.12. The van der Waals surface area contributed by atoms with Gasteiger partial charge in [0.15, 0.2) is 0 Å². The minimum absolute atomic E-state index is 0.205. The van der Waals surface area contributed by atoms with E-state index in [0.29, 0.717) is 31.8 Å². The molecule has 0 saturated heterocycles. The summed E-state index contributed by atoms with van der Waals surface area (Å²) in [5, 5.41) is 0. The average molecular weight is 461 g/mol. The lowest BCUT2D eigenvalue weighted by Gasteiger charge is -2.09. The maximum Gasteiger partial charge on any atom is 0.305 e. The second-order valence-electron chi connectivity index (χ2n) is 7.82. The minimum Gasteiger partial charge on any atom is -0.490 e. The molecule has 0 fully saturated rings. The zero-order valence-corrected chi connectivity index (χ0v) is 19.1. The van der Waals surface area contributed by atoms with Crippen LogP contribution in [0.25, 0.3) is 0 Å². The minimum atomic E-state index is -1.59. The molecule has 2 aromatic carbocycles. The number of rotatable bonds is 17. The molecule has 6 heteroatoms. The third-order valence-electron chi connectivity index (χ3n) is 5.07. The Morgan fingerprint density at radius 1 is 0.727 bits per heavy atom. The monoisotopic (exact) mass is 460 g/mol. The Kier molecular flexibility index (Phi) is 13.3. The number of allylic oxidation sites excluding steroid dienone is 1.